The molecule has 3 aromatic carbocycles. The molecule has 6 nitrogen and oxygen atoms in total. The second-order valence-electron chi connectivity index (χ2n) is 5.94. The van der Waals surface area contributed by atoms with Crippen LogP contribution in [0.3, 0.4) is 0 Å². The number of halogens is 1. The van der Waals surface area contributed by atoms with Crippen LogP contribution in [0.5, 0.6) is 5.75 Å². The van der Waals surface area contributed by atoms with E-state index in [0.29, 0.717) is 22.3 Å². The fourth-order valence-electron chi connectivity index (χ4n) is 2.55. The third kappa shape index (κ3) is 4.19. The molecule has 4 aromatic rings. The van der Waals surface area contributed by atoms with Crippen molar-refractivity contribution in [3.8, 4) is 5.75 Å². The molecule has 138 valence electrons. The first-order chi connectivity index (χ1) is 13.7. The fraction of sp³-hybridized carbons (Fsp3) is 0. The lowest BCUT2D eigenvalue weighted by Gasteiger charge is -2.04. The topological polar surface area (TPSA) is 79.4 Å². The molecule has 0 atom stereocenters. The molecule has 0 amide bonds. The molecule has 0 spiro atoms. The minimum absolute atomic E-state index is 0.435. The van der Waals surface area contributed by atoms with Gasteiger partial charge in [-0.25, -0.2) is 15.2 Å². The quantitative estimate of drug-likeness (QED) is 0.220. The number of anilines is 1. The molecule has 7 heteroatoms. The summed E-state index contributed by atoms with van der Waals surface area (Å²) >= 11 is 5.82. The van der Waals surface area contributed by atoms with Crippen LogP contribution in [-0.2, 0) is 0 Å². The van der Waals surface area contributed by atoms with Crippen LogP contribution in [0.15, 0.2) is 77.9 Å². The lowest BCUT2D eigenvalue weighted by atomic mass is 10.2. The van der Waals surface area contributed by atoms with Crippen LogP contribution in [0.1, 0.15) is 15.9 Å². The van der Waals surface area contributed by atoms with Crippen LogP contribution in [0.2, 0.25) is 5.02 Å². The highest BCUT2D eigenvalue weighted by molar-refractivity contribution is 6.30. The molecular weight excluding hydrogens is 376 g/mol. The van der Waals surface area contributed by atoms with Crippen LogP contribution < -0.4 is 10.2 Å². The molecule has 0 saturated heterocycles. The number of rotatable bonds is 5. The maximum absolute atomic E-state index is 12.1. The van der Waals surface area contributed by atoms with Crippen LogP contribution >= 0.6 is 11.6 Å². The van der Waals surface area contributed by atoms with E-state index < -0.39 is 5.97 Å². The normalized spacial score (nSPS) is 11.0. The van der Waals surface area contributed by atoms with Gasteiger partial charge in [-0.2, -0.15) is 5.10 Å². The van der Waals surface area contributed by atoms with E-state index in [1.807, 2.05) is 24.3 Å². The van der Waals surface area contributed by atoms with Crippen LogP contribution in [0.25, 0.3) is 11.0 Å². The van der Waals surface area contributed by atoms with Crippen molar-refractivity contribution in [2.45, 2.75) is 0 Å². The van der Waals surface area contributed by atoms with Gasteiger partial charge in [0.05, 0.1) is 22.8 Å². The summed E-state index contributed by atoms with van der Waals surface area (Å²) < 4.78 is 5.35. The first kappa shape index (κ1) is 17.8. The molecule has 0 unspecified atom stereocenters. The number of nitrogens with one attached hydrogen (secondary N) is 2. The molecule has 0 aliphatic heterocycles. The number of para-hydroxylation sites is 2. The van der Waals surface area contributed by atoms with Crippen molar-refractivity contribution in [2.75, 3.05) is 5.43 Å². The van der Waals surface area contributed by atoms with E-state index in [1.165, 1.54) is 0 Å². The summed E-state index contributed by atoms with van der Waals surface area (Å²) in [6.07, 6.45) is 1.65. The molecule has 0 bridgehead atoms. The molecule has 0 saturated carbocycles. The van der Waals surface area contributed by atoms with E-state index in [9.17, 15) is 4.79 Å². The standard InChI is InChI=1S/C21H15ClN4O2/c22-16-9-7-15(8-10-16)20(27)28-17-11-5-14(6-12-17)13-23-26-21-24-18-3-1-2-4-19(18)25-21/h1-13H,(H2,24,25,26)/b23-13-. The van der Waals surface area contributed by atoms with Gasteiger partial charge in [0.25, 0.3) is 0 Å². The maximum Gasteiger partial charge on any atom is 0.343 e. The predicted octanol–water partition coefficient (Wildman–Crippen LogP) is 4.88. The van der Waals surface area contributed by atoms with E-state index >= 15 is 0 Å². The first-order valence-corrected chi connectivity index (χ1v) is 8.87. The average Bonchev–Trinajstić information content (AvgIpc) is 3.12. The molecule has 28 heavy (non-hydrogen) atoms. The van der Waals surface area contributed by atoms with Gasteiger partial charge in [0, 0.05) is 5.02 Å². The molecule has 0 radical (unpaired) electrons. The van der Waals surface area contributed by atoms with E-state index in [0.717, 1.165) is 16.6 Å². The van der Waals surface area contributed by atoms with Gasteiger partial charge in [0.15, 0.2) is 0 Å². The van der Waals surface area contributed by atoms with Crippen molar-refractivity contribution in [1.82, 2.24) is 9.97 Å². The number of H-pyrrole nitrogens is 1. The Hall–Kier alpha value is -3.64. The Morgan fingerprint density at radius 3 is 2.54 bits per heavy atom. The number of aromatic amines is 1. The van der Waals surface area contributed by atoms with Gasteiger partial charge in [-0.15, -0.1) is 0 Å². The first-order valence-electron chi connectivity index (χ1n) is 8.49. The number of benzene rings is 3. The zero-order valence-corrected chi connectivity index (χ0v) is 15.4. The Labute approximate surface area is 165 Å². The van der Waals surface area contributed by atoms with Gasteiger partial charge >= 0.3 is 5.97 Å². The van der Waals surface area contributed by atoms with Crippen LogP contribution in [0, 0.1) is 0 Å². The zero-order valence-electron chi connectivity index (χ0n) is 14.6. The second kappa shape index (κ2) is 7.94. The molecule has 2 N–H and O–H groups in total. The van der Waals surface area contributed by atoms with Gasteiger partial charge in [0.2, 0.25) is 5.95 Å². The van der Waals surface area contributed by atoms with Crippen molar-refractivity contribution >= 4 is 40.8 Å². The monoisotopic (exact) mass is 390 g/mol. The summed E-state index contributed by atoms with van der Waals surface area (Å²) in [5.74, 6) is 0.568. The number of fused-ring (bicyclic) bond motifs is 1. The van der Waals surface area contributed by atoms with Crippen molar-refractivity contribution < 1.29 is 9.53 Å². The largest absolute Gasteiger partial charge is 0.423 e. The predicted molar refractivity (Wildman–Crippen MR) is 110 cm³/mol. The molecule has 4 rings (SSSR count). The number of nitrogens with zero attached hydrogens (tertiary/aromatic N) is 2. The number of hydrazone groups is 1. The Balaban J connectivity index is 1.36. The fourth-order valence-corrected chi connectivity index (χ4v) is 2.67. The number of hydrogen-bond acceptors (Lipinski definition) is 5. The molecule has 0 aliphatic carbocycles. The number of hydrogen-bond donors (Lipinski definition) is 2. The van der Waals surface area contributed by atoms with Crippen molar-refractivity contribution in [3.63, 3.8) is 0 Å². The highest BCUT2D eigenvalue weighted by Crippen LogP contribution is 2.16. The average molecular weight is 391 g/mol. The minimum Gasteiger partial charge on any atom is -0.423 e. The summed E-state index contributed by atoms with van der Waals surface area (Å²) in [5.41, 5.74) is 5.94. The summed E-state index contributed by atoms with van der Waals surface area (Å²) in [6, 6.07) is 21.3. The van der Waals surface area contributed by atoms with Gasteiger partial charge in [0.1, 0.15) is 5.75 Å². The highest BCUT2D eigenvalue weighted by Gasteiger charge is 2.08. The summed E-state index contributed by atoms with van der Waals surface area (Å²) in [5, 5.41) is 4.73. The summed E-state index contributed by atoms with van der Waals surface area (Å²) in [7, 11) is 0. The van der Waals surface area contributed by atoms with E-state index in [1.54, 1.807) is 54.7 Å². The Morgan fingerprint density at radius 2 is 1.79 bits per heavy atom. The summed E-state index contributed by atoms with van der Waals surface area (Å²) in [4.78, 5) is 19.6. The van der Waals surface area contributed by atoms with Gasteiger partial charge in [-0.1, -0.05) is 23.7 Å². The van der Waals surface area contributed by atoms with Gasteiger partial charge < -0.3 is 9.72 Å². The number of imidazole rings is 1. The number of aromatic nitrogens is 2. The lowest BCUT2D eigenvalue weighted by molar-refractivity contribution is 0.0735. The molecule has 0 aliphatic rings. The minimum atomic E-state index is -0.440. The van der Waals surface area contributed by atoms with Crippen molar-refractivity contribution in [3.05, 3.63) is 88.9 Å². The van der Waals surface area contributed by atoms with E-state index in [-0.39, 0.29) is 0 Å². The van der Waals surface area contributed by atoms with Crippen LogP contribution in [0.4, 0.5) is 5.95 Å². The third-order valence-electron chi connectivity index (χ3n) is 3.94. The van der Waals surface area contributed by atoms with Crippen molar-refractivity contribution in [1.29, 1.82) is 0 Å². The summed E-state index contributed by atoms with van der Waals surface area (Å²) in [6.45, 7) is 0. The number of esters is 1. The second-order valence-corrected chi connectivity index (χ2v) is 6.37. The zero-order chi connectivity index (χ0) is 19.3. The Morgan fingerprint density at radius 1 is 1.04 bits per heavy atom. The molecule has 0 fully saturated rings. The lowest BCUT2D eigenvalue weighted by Crippen LogP contribution is -2.08. The molecular formula is C21H15ClN4O2. The van der Waals surface area contributed by atoms with E-state index in [2.05, 4.69) is 20.5 Å². The SMILES string of the molecule is O=C(Oc1ccc(/C=N\Nc2nc3ccccc3[nH]2)cc1)c1ccc(Cl)cc1. The van der Waals surface area contributed by atoms with E-state index in [4.69, 9.17) is 16.3 Å². The Bertz CT molecular complexity index is 1100. The molecule has 1 aromatic heterocycles. The number of ether oxygens (including phenoxy) is 1. The van der Waals surface area contributed by atoms with Gasteiger partial charge in [-0.05, 0) is 66.2 Å². The highest BCUT2D eigenvalue weighted by atomic mass is 35.5. The van der Waals surface area contributed by atoms with Crippen LogP contribution in [-0.4, -0.2) is 22.2 Å². The smallest absolute Gasteiger partial charge is 0.343 e. The van der Waals surface area contributed by atoms with Gasteiger partial charge in [-0.3, -0.25) is 0 Å². The number of carbonyl (C=O) groups is 1. The van der Waals surface area contributed by atoms with Crippen molar-refractivity contribution in [2.24, 2.45) is 5.10 Å². The molecule has 1 heterocycles. The maximum atomic E-state index is 12.1. The third-order valence-corrected chi connectivity index (χ3v) is 4.20. The number of carbonyl (C=O) groups excluding carboxylic acids is 1. The Kier molecular flexibility index (Phi) is 5.03.